The largest absolute Gasteiger partial charge is 0.479 e. The van der Waals surface area contributed by atoms with Crippen molar-refractivity contribution >= 4 is 15.7 Å². The molecule has 1 fully saturated rings. The third kappa shape index (κ3) is 3.40. The third-order valence-corrected chi connectivity index (χ3v) is 7.81. The number of likely N-dealkylation sites (tertiary alicyclic amines) is 1. The smallest absolute Gasteiger partial charge is 0.253 e. The van der Waals surface area contributed by atoms with Gasteiger partial charge in [0, 0.05) is 37.8 Å². The lowest BCUT2D eigenvalue weighted by Gasteiger charge is -2.45. The number of rotatable bonds is 2. The Morgan fingerprint density at radius 3 is 2.48 bits per heavy atom. The number of ether oxygens (including phenoxy) is 1. The van der Waals surface area contributed by atoms with Crippen LogP contribution < -0.4 is 4.74 Å². The van der Waals surface area contributed by atoms with Gasteiger partial charge in [-0.2, -0.15) is 5.26 Å². The fourth-order valence-electron chi connectivity index (χ4n) is 4.94. The lowest BCUT2D eigenvalue weighted by molar-refractivity contribution is -0.00938. The molecule has 0 bridgehead atoms. The lowest BCUT2D eigenvalue weighted by atomic mass is 9.86. The highest BCUT2D eigenvalue weighted by molar-refractivity contribution is 7.90. The molecule has 1 aromatic heterocycles. The number of nitriles is 1. The number of amides is 1. The van der Waals surface area contributed by atoms with Gasteiger partial charge in [-0.1, -0.05) is 12.1 Å². The highest BCUT2D eigenvalue weighted by atomic mass is 32.2. The van der Waals surface area contributed by atoms with Crippen molar-refractivity contribution in [1.82, 2.24) is 9.47 Å². The molecule has 2 aliphatic heterocycles. The summed E-state index contributed by atoms with van der Waals surface area (Å²) in [5.74, 6) is 0.599. The molecule has 7 nitrogen and oxygen atoms in total. The van der Waals surface area contributed by atoms with Gasteiger partial charge in [-0.15, -0.1) is 0 Å². The van der Waals surface area contributed by atoms with E-state index in [9.17, 15) is 18.5 Å². The molecule has 33 heavy (non-hydrogen) atoms. The van der Waals surface area contributed by atoms with E-state index in [1.54, 1.807) is 24.0 Å². The zero-order valence-electron chi connectivity index (χ0n) is 18.4. The second-order valence-electron chi connectivity index (χ2n) is 8.66. The number of aryl methyl sites for hydroxylation is 1. The number of para-hydroxylation sites is 2. The van der Waals surface area contributed by atoms with Crippen LogP contribution in [-0.4, -0.2) is 43.1 Å². The molecule has 1 spiro atoms. The number of hydrogen-bond acceptors (Lipinski definition) is 5. The van der Waals surface area contributed by atoms with Crippen LogP contribution >= 0.6 is 0 Å². The predicted octanol–water partition coefficient (Wildman–Crippen LogP) is 3.58. The molecule has 1 saturated heterocycles. The molecule has 3 heterocycles. The quantitative estimate of drug-likeness (QED) is 0.582. The van der Waals surface area contributed by atoms with E-state index in [2.05, 4.69) is 6.07 Å². The number of piperidine rings is 1. The SMILES string of the molecule is Cc1cc(C(=O)N2CCC3(CC2)Oc2ccccc2-n2c(C#N)ccc23)ccc1S(C)(=O)=O. The van der Waals surface area contributed by atoms with E-state index in [1.807, 2.05) is 41.0 Å². The Kier molecular flexibility index (Phi) is 4.83. The van der Waals surface area contributed by atoms with Crippen LogP contribution in [0.2, 0.25) is 0 Å². The Bertz CT molecular complexity index is 1420. The molecule has 5 rings (SSSR count). The number of aromatic nitrogens is 1. The Morgan fingerprint density at radius 2 is 1.82 bits per heavy atom. The molecule has 0 N–H and O–H groups in total. The predicted molar refractivity (Wildman–Crippen MR) is 122 cm³/mol. The zero-order chi connectivity index (χ0) is 23.4. The Morgan fingerprint density at radius 1 is 1.09 bits per heavy atom. The summed E-state index contributed by atoms with van der Waals surface area (Å²) < 4.78 is 32.3. The minimum Gasteiger partial charge on any atom is -0.479 e. The number of carbonyl (C=O) groups is 1. The monoisotopic (exact) mass is 461 g/mol. The van der Waals surface area contributed by atoms with Gasteiger partial charge in [-0.3, -0.25) is 9.36 Å². The summed E-state index contributed by atoms with van der Waals surface area (Å²) >= 11 is 0. The van der Waals surface area contributed by atoms with E-state index in [0.29, 0.717) is 42.8 Å². The van der Waals surface area contributed by atoms with Crippen LogP contribution in [0.15, 0.2) is 59.5 Å². The van der Waals surface area contributed by atoms with Gasteiger partial charge < -0.3 is 9.64 Å². The van der Waals surface area contributed by atoms with Crippen molar-refractivity contribution in [3.05, 3.63) is 77.1 Å². The van der Waals surface area contributed by atoms with Crippen LogP contribution in [0, 0.1) is 18.3 Å². The van der Waals surface area contributed by atoms with Crippen molar-refractivity contribution in [1.29, 1.82) is 5.26 Å². The summed E-state index contributed by atoms with van der Waals surface area (Å²) in [5.41, 5.74) is 2.75. The van der Waals surface area contributed by atoms with Gasteiger partial charge in [0.1, 0.15) is 17.5 Å². The fraction of sp³-hybridized carbons (Fsp3) is 0.280. The molecule has 0 atom stereocenters. The molecule has 0 radical (unpaired) electrons. The average Bonchev–Trinajstić information content (AvgIpc) is 3.24. The summed E-state index contributed by atoms with van der Waals surface area (Å²) in [7, 11) is -3.34. The second kappa shape index (κ2) is 7.49. The summed E-state index contributed by atoms with van der Waals surface area (Å²) in [6, 6.07) is 18.4. The van der Waals surface area contributed by atoms with Crippen LogP contribution in [-0.2, 0) is 15.4 Å². The fourth-order valence-corrected chi connectivity index (χ4v) is 5.90. The first-order valence-electron chi connectivity index (χ1n) is 10.7. The van der Waals surface area contributed by atoms with Crippen LogP contribution in [0.25, 0.3) is 5.69 Å². The van der Waals surface area contributed by atoms with Crippen molar-refractivity contribution in [2.45, 2.75) is 30.3 Å². The molecule has 2 aliphatic rings. The normalized spacial score (nSPS) is 16.5. The molecule has 0 aliphatic carbocycles. The maximum atomic E-state index is 13.2. The van der Waals surface area contributed by atoms with Gasteiger partial charge in [-0.25, -0.2) is 8.42 Å². The maximum absolute atomic E-state index is 13.2. The van der Waals surface area contributed by atoms with Gasteiger partial charge >= 0.3 is 0 Å². The van der Waals surface area contributed by atoms with Crippen molar-refractivity contribution in [2.75, 3.05) is 19.3 Å². The lowest BCUT2D eigenvalue weighted by Crippen LogP contribution is -2.50. The number of carbonyl (C=O) groups excluding carboxylic acids is 1. The van der Waals surface area contributed by atoms with E-state index in [1.165, 1.54) is 6.07 Å². The molecule has 1 amide bonds. The first-order chi connectivity index (χ1) is 15.7. The van der Waals surface area contributed by atoms with Crippen LogP contribution in [0.4, 0.5) is 0 Å². The van der Waals surface area contributed by atoms with Crippen LogP contribution in [0.1, 0.15) is 40.2 Å². The van der Waals surface area contributed by atoms with E-state index in [-0.39, 0.29) is 10.8 Å². The zero-order valence-corrected chi connectivity index (χ0v) is 19.2. The van der Waals surface area contributed by atoms with Crippen LogP contribution in [0.3, 0.4) is 0 Å². The van der Waals surface area contributed by atoms with E-state index < -0.39 is 15.4 Å². The molecule has 168 valence electrons. The van der Waals surface area contributed by atoms with Gasteiger partial charge in [-0.05, 0) is 55.0 Å². The van der Waals surface area contributed by atoms with Crippen molar-refractivity contribution in [3.8, 4) is 17.5 Å². The van der Waals surface area contributed by atoms with E-state index in [0.717, 1.165) is 23.4 Å². The van der Waals surface area contributed by atoms with Crippen molar-refractivity contribution in [3.63, 3.8) is 0 Å². The van der Waals surface area contributed by atoms with Gasteiger partial charge in [0.25, 0.3) is 5.91 Å². The number of fused-ring (bicyclic) bond motifs is 4. The Labute approximate surface area is 192 Å². The second-order valence-corrected chi connectivity index (χ2v) is 10.6. The molecular weight excluding hydrogens is 438 g/mol. The van der Waals surface area contributed by atoms with E-state index >= 15 is 0 Å². The van der Waals surface area contributed by atoms with Crippen molar-refractivity contribution < 1.29 is 17.9 Å². The molecule has 0 unspecified atom stereocenters. The summed E-state index contributed by atoms with van der Waals surface area (Å²) in [6.45, 7) is 2.68. The number of nitrogens with zero attached hydrogens (tertiary/aromatic N) is 3. The first-order valence-corrected chi connectivity index (χ1v) is 12.6. The molecule has 3 aromatic rings. The average molecular weight is 462 g/mol. The number of benzene rings is 2. The summed E-state index contributed by atoms with van der Waals surface area (Å²) in [5, 5.41) is 9.63. The van der Waals surface area contributed by atoms with Gasteiger partial charge in [0.15, 0.2) is 15.4 Å². The number of hydrogen-bond donors (Lipinski definition) is 0. The minimum atomic E-state index is -3.34. The first kappa shape index (κ1) is 21.3. The minimum absolute atomic E-state index is 0.127. The summed E-state index contributed by atoms with van der Waals surface area (Å²) in [4.78, 5) is 15.2. The highest BCUT2D eigenvalue weighted by Crippen LogP contribution is 2.45. The molecular formula is C25H23N3O4S. The Balaban J connectivity index is 1.42. The molecule has 8 heteroatoms. The van der Waals surface area contributed by atoms with Gasteiger partial charge in [0.2, 0.25) is 0 Å². The van der Waals surface area contributed by atoms with Gasteiger partial charge in [0.05, 0.1) is 16.3 Å². The topological polar surface area (TPSA) is 92.4 Å². The van der Waals surface area contributed by atoms with Crippen LogP contribution in [0.5, 0.6) is 5.75 Å². The maximum Gasteiger partial charge on any atom is 0.253 e. The Hall–Kier alpha value is -3.57. The summed E-state index contributed by atoms with van der Waals surface area (Å²) in [6.07, 6.45) is 2.33. The molecule has 2 aromatic carbocycles. The van der Waals surface area contributed by atoms with E-state index in [4.69, 9.17) is 4.74 Å². The molecule has 0 saturated carbocycles. The van der Waals surface area contributed by atoms with Crippen molar-refractivity contribution in [2.24, 2.45) is 0 Å². The standard InChI is InChI=1S/C25H23N3O4S/c1-17-15-18(7-9-22(17)33(2,30)31)24(29)27-13-11-25(12-14-27)23-10-8-19(16-26)28(23)20-5-3-4-6-21(20)32-25/h3-10,15H,11-14H2,1-2H3. The third-order valence-electron chi connectivity index (χ3n) is 6.55. The number of sulfone groups is 1. The highest BCUT2D eigenvalue weighted by Gasteiger charge is 2.45.